The summed E-state index contributed by atoms with van der Waals surface area (Å²) in [5.74, 6) is -2.41. The molecule has 1 aromatic carbocycles. The summed E-state index contributed by atoms with van der Waals surface area (Å²) in [5, 5.41) is 17.4. The molecule has 1 heterocycles. The van der Waals surface area contributed by atoms with Gasteiger partial charge in [0, 0.05) is 0 Å². The Morgan fingerprint density at radius 2 is 1.95 bits per heavy atom. The standard InChI is InChI=1S/C12H12ClNO7S/c13-8-3-7(11(17)18)1-2-9(8)22(19,20)14-12(4-10(15)16)5-21-6-12/h1-3,14H,4-6H2,(H,15,16)(H,17,18). The molecular formula is C12H12ClNO7S. The fourth-order valence-electron chi connectivity index (χ4n) is 2.03. The van der Waals surface area contributed by atoms with Gasteiger partial charge in [-0.1, -0.05) is 11.6 Å². The Morgan fingerprint density at radius 3 is 2.36 bits per heavy atom. The molecule has 0 bridgehead atoms. The Hall–Kier alpha value is -1.68. The minimum Gasteiger partial charge on any atom is -0.481 e. The lowest BCUT2D eigenvalue weighted by Crippen LogP contribution is -2.62. The molecule has 0 spiro atoms. The molecule has 2 rings (SSSR count). The summed E-state index contributed by atoms with van der Waals surface area (Å²) in [5.41, 5.74) is -1.38. The minimum absolute atomic E-state index is 0.0661. The van der Waals surface area contributed by atoms with Crippen LogP contribution in [0.4, 0.5) is 0 Å². The van der Waals surface area contributed by atoms with Crippen LogP contribution >= 0.6 is 11.6 Å². The molecular weight excluding hydrogens is 338 g/mol. The van der Waals surface area contributed by atoms with Crippen molar-refractivity contribution >= 4 is 33.6 Å². The number of ether oxygens (including phenoxy) is 1. The second-order valence-electron chi connectivity index (χ2n) is 4.90. The minimum atomic E-state index is -4.12. The largest absolute Gasteiger partial charge is 0.481 e. The van der Waals surface area contributed by atoms with E-state index >= 15 is 0 Å². The number of hydrogen-bond acceptors (Lipinski definition) is 5. The van der Waals surface area contributed by atoms with Crippen LogP contribution in [0, 0.1) is 0 Å². The van der Waals surface area contributed by atoms with Crippen molar-refractivity contribution in [2.45, 2.75) is 16.9 Å². The first-order chi connectivity index (χ1) is 10.2. The van der Waals surface area contributed by atoms with Gasteiger partial charge in [0.1, 0.15) is 4.90 Å². The lowest BCUT2D eigenvalue weighted by atomic mass is 9.95. The van der Waals surface area contributed by atoms with Gasteiger partial charge in [0.15, 0.2) is 0 Å². The van der Waals surface area contributed by atoms with Crippen molar-refractivity contribution in [2.24, 2.45) is 0 Å². The van der Waals surface area contributed by atoms with Crippen LogP contribution in [-0.2, 0) is 19.6 Å². The molecule has 3 N–H and O–H groups in total. The number of sulfonamides is 1. The van der Waals surface area contributed by atoms with E-state index in [4.69, 9.17) is 26.6 Å². The smallest absolute Gasteiger partial charge is 0.335 e. The average molecular weight is 350 g/mol. The third-order valence-corrected chi connectivity index (χ3v) is 5.13. The van der Waals surface area contributed by atoms with Gasteiger partial charge in [0.05, 0.1) is 35.8 Å². The Kier molecular flexibility index (Phi) is 4.43. The van der Waals surface area contributed by atoms with Crippen molar-refractivity contribution in [3.05, 3.63) is 28.8 Å². The SMILES string of the molecule is O=C(O)CC1(NS(=O)(=O)c2ccc(C(=O)O)cc2Cl)COC1. The second kappa shape index (κ2) is 5.84. The molecule has 0 amide bonds. The molecule has 0 aliphatic carbocycles. The maximum Gasteiger partial charge on any atom is 0.335 e. The summed E-state index contributed by atoms with van der Waals surface area (Å²) in [6.07, 6.45) is -0.433. The van der Waals surface area contributed by atoms with E-state index in [9.17, 15) is 18.0 Å². The van der Waals surface area contributed by atoms with E-state index in [1.807, 2.05) is 0 Å². The number of halogens is 1. The van der Waals surface area contributed by atoms with E-state index in [1.165, 1.54) is 0 Å². The topological polar surface area (TPSA) is 130 Å². The zero-order valence-electron chi connectivity index (χ0n) is 11.1. The van der Waals surface area contributed by atoms with Crippen LogP contribution in [0.15, 0.2) is 23.1 Å². The first-order valence-electron chi connectivity index (χ1n) is 6.02. The van der Waals surface area contributed by atoms with Crippen LogP contribution in [0.25, 0.3) is 0 Å². The molecule has 0 atom stereocenters. The van der Waals surface area contributed by atoms with Crippen LogP contribution < -0.4 is 4.72 Å². The normalized spacial score (nSPS) is 16.8. The van der Waals surface area contributed by atoms with E-state index in [-0.39, 0.29) is 28.7 Å². The highest BCUT2D eigenvalue weighted by molar-refractivity contribution is 7.89. The molecule has 1 fully saturated rings. The lowest BCUT2D eigenvalue weighted by molar-refractivity contribution is -0.145. The molecule has 0 saturated carbocycles. The quantitative estimate of drug-likeness (QED) is 0.684. The van der Waals surface area contributed by atoms with Gasteiger partial charge in [-0.05, 0) is 18.2 Å². The Labute approximate surface area is 130 Å². The van der Waals surface area contributed by atoms with Gasteiger partial charge in [-0.25, -0.2) is 13.2 Å². The summed E-state index contributed by atoms with van der Waals surface area (Å²) in [6, 6.07) is 3.17. The van der Waals surface area contributed by atoms with E-state index < -0.39 is 33.9 Å². The first kappa shape index (κ1) is 16.7. The van der Waals surface area contributed by atoms with Crippen LogP contribution in [0.5, 0.6) is 0 Å². The predicted molar refractivity (Wildman–Crippen MR) is 74.5 cm³/mol. The molecule has 8 nitrogen and oxygen atoms in total. The Bertz CT molecular complexity index is 727. The van der Waals surface area contributed by atoms with E-state index in [0.29, 0.717) is 0 Å². The number of hydrogen-bond donors (Lipinski definition) is 3. The van der Waals surface area contributed by atoms with Crippen molar-refractivity contribution < 1.29 is 33.0 Å². The van der Waals surface area contributed by atoms with E-state index in [1.54, 1.807) is 0 Å². The summed E-state index contributed by atoms with van der Waals surface area (Å²) >= 11 is 5.82. The highest BCUT2D eigenvalue weighted by atomic mass is 35.5. The number of carboxylic acid groups (broad SMARTS) is 2. The fourth-order valence-corrected chi connectivity index (χ4v) is 3.94. The first-order valence-corrected chi connectivity index (χ1v) is 7.88. The summed E-state index contributed by atoms with van der Waals surface area (Å²) in [6.45, 7) is -0.132. The number of aromatic carboxylic acids is 1. The van der Waals surface area contributed by atoms with Crippen molar-refractivity contribution in [1.82, 2.24) is 4.72 Å². The van der Waals surface area contributed by atoms with Crippen LogP contribution in [0.2, 0.25) is 5.02 Å². The van der Waals surface area contributed by atoms with Gasteiger partial charge >= 0.3 is 11.9 Å². The van der Waals surface area contributed by atoms with E-state index in [2.05, 4.69) is 4.72 Å². The van der Waals surface area contributed by atoms with Crippen LogP contribution in [-0.4, -0.2) is 49.3 Å². The maximum absolute atomic E-state index is 12.3. The molecule has 1 aromatic rings. The molecule has 10 heteroatoms. The molecule has 0 aromatic heterocycles. The second-order valence-corrected chi connectivity index (χ2v) is 6.96. The van der Waals surface area contributed by atoms with Gasteiger partial charge in [0.25, 0.3) is 0 Å². The van der Waals surface area contributed by atoms with Gasteiger partial charge in [-0.3, -0.25) is 4.79 Å². The number of carboxylic acids is 2. The van der Waals surface area contributed by atoms with Crippen molar-refractivity contribution in [3.63, 3.8) is 0 Å². The van der Waals surface area contributed by atoms with Crippen LogP contribution in [0.3, 0.4) is 0 Å². The molecule has 1 aliphatic rings. The molecule has 22 heavy (non-hydrogen) atoms. The zero-order valence-corrected chi connectivity index (χ0v) is 12.6. The van der Waals surface area contributed by atoms with Crippen molar-refractivity contribution in [2.75, 3.05) is 13.2 Å². The number of benzene rings is 1. The van der Waals surface area contributed by atoms with Gasteiger partial charge < -0.3 is 14.9 Å². The number of rotatable bonds is 6. The van der Waals surface area contributed by atoms with Gasteiger partial charge in [0.2, 0.25) is 10.0 Å². The van der Waals surface area contributed by atoms with E-state index in [0.717, 1.165) is 18.2 Å². The Balaban J connectivity index is 2.31. The molecule has 120 valence electrons. The van der Waals surface area contributed by atoms with Crippen molar-refractivity contribution in [1.29, 1.82) is 0 Å². The number of carbonyl (C=O) groups is 2. The number of aliphatic carboxylic acids is 1. The highest BCUT2D eigenvalue weighted by Gasteiger charge is 2.44. The maximum atomic E-state index is 12.3. The fraction of sp³-hybridized carbons (Fsp3) is 0.333. The highest BCUT2D eigenvalue weighted by Crippen LogP contribution is 2.28. The molecule has 1 aliphatic heterocycles. The van der Waals surface area contributed by atoms with Crippen molar-refractivity contribution in [3.8, 4) is 0 Å². The number of nitrogens with one attached hydrogen (secondary N) is 1. The van der Waals surface area contributed by atoms with Crippen LogP contribution in [0.1, 0.15) is 16.8 Å². The summed E-state index contributed by atoms with van der Waals surface area (Å²) in [4.78, 5) is 21.3. The average Bonchev–Trinajstić information content (AvgIpc) is 2.34. The monoisotopic (exact) mass is 349 g/mol. The van der Waals surface area contributed by atoms with Gasteiger partial charge in [-0.15, -0.1) is 0 Å². The van der Waals surface area contributed by atoms with Gasteiger partial charge in [-0.2, -0.15) is 4.72 Å². The third kappa shape index (κ3) is 3.38. The summed E-state index contributed by atoms with van der Waals surface area (Å²) in [7, 11) is -4.12. The lowest BCUT2D eigenvalue weighted by Gasteiger charge is -2.40. The third-order valence-electron chi connectivity index (χ3n) is 3.07. The molecule has 1 saturated heterocycles. The zero-order chi connectivity index (χ0) is 16.5. The summed E-state index contributed by atoms with van der Waals surface area (Å²) < 4.78 is 31.8. The molecule has 0 unspecified atom stereocenters. The predicted octanol–water partition coefficient (Wildman–Crippen LogP) is 0.560. The molecule has 0 radical (unpaired) electrons. The Morgan fingerprint density at radius 1 is 1.32 bits per heavy atom.